The number of rotatable bonds is 5. The number of amides is 2. The highest BCUT2D eigenvalue weighted by Gasteiger charge is 2.24. The molecule has 0 radical (unpaired) electrons. The van der Waals surface area contributed by atoms with Crippen molar-refractivity contribution in [2.45, 2.75) is 20.8 Å². The SMILES string of the molecule is Cc1cccc(NC(=O)CN2CCN(C(=O)c3ccc4c(c3)nc(C)n4-c3ccccc3)CC2)c1C. The summed E-state index contributed by atoms with van der Waals surface area (Å²) >= 11 is 0. The van der Waals surface area contributed by atoms with Gasteiger partial charge < -0.3 is 10.2 Å². The minimum Gasteiger partial charge on any atom is -0.336 e. The molecule has 5 rings (SSSR count). The molecule has 0 unspecified atom stereocenters. The number of piperazine rings is 1. The maximum Gasteiger partial charge on any atom is 0.254 e. The van der Waals surface area contributed by atoms with E-state index in [1.807, 2.05) is 80.3 Å². The molecule has 1 saturated heterocycles. The summed E-state index contributed by atoms with van der Waals surface area (Å²) in [6.45, 7) is 8.85. The van der Waals surface area contributed by atoms with Crippen LogP contribution in [0.25, 0.3) is 16.7 Å². The lowest BCUT2D eigenvalue weighted by atomic mass is 10.1. The summed E-state index contributed by atoms with van der Waals surface area (Å²) in [5.41, 5.74) is 6.57. The Balaban J connectivity index is 1.21. The second-order valence-electron chi connectivity index (χ2n) is 9.40. The van der Waals surface area contributed by atoms with Crippen molar-refractivity contribution in [3.63, 3.8) is 0 Å². The van der Waals surface area contributed by atoms with E-state index < -0.39 is 0 Å². The number of carbonyl (C=O) groups excluding carboxylic acids is 2. The predicted octanol–water partition coefficient (Wildman–Crippen LogP) is 4.35. The minimum absolute atomic E-state index is 0.00306. The smallest absolute Gasteiger partial charge is 0.254 e. The summed E-state index contributed by atoms with van der Waals surface area (Å²) in [6.07, 6.45) is 0. The van der Waals surface area contributed by atoms with Gasteiger partial charge in [-0.1, -0.05) is 30.3 Å². The van der Waals surface area contributed by atoms with Gasteiger partial charge >= 0.3 is 0 Å². The Morgan fingerprint density at radius 3 is 2.39 bits per heavy atom. The number of anilines is 1. The molecule has 7 nitrogen and oxygen atoms in total. The van der Waals surface area contributed by atoms with Crippen molar-refractivity contribution in [2.24, 2.45) is 0 Å². The first-order valence-electron chi connectivity index (χ1n) is 12.3. The summed E-state index contributed by atoms with van der Waals surface area (Å²) in [5.74, 6) is 0.857. The number of hydrogen-bond donors (Lipinski definition) is 1. The molecule has 4 aromatic rings. The zero-order valence-corrected chi connectivity index (χ0v) is 21.0. The molecule has 7 heteroatoms. The molecule has 1 aromatic heterocycles. The molecular formula is C29H31N5O2. The molecule has 36 heavy (non-hydrogen) atoms. The number of aryl methyl sites for hydroxylation is 2. The minimum atomic E-state index is -0.0294. The van der Waals surface area contributed by atoms with Crippen LogP contribution < -0.4 is 5.32 Å². The summed E-state index contributed by atoms with van der Waals surface area (Å²) < 4.78 is 2.10. The van der Waals surface area contributed by atoms with Gasteiger partial charge in [-0.05, 0) is 68.3 Å². The summed E-state index contributed by atoms with van der Waals surface area (Å²) in [7, 11) is 0. The van der Waals surface area contributed by atoms with E-state index in [1.165, 1.54) is 0 Å². The highest BCUT2D eigenvalue weighted by Crippen LogP contribution is 2.23. The third-order valence-corrected chi connectivity index (χ3v) is 6.99. The molecule has 1 aliphatic heterocycles. The fourth-order valence-electron chi connectivity index (χ4n) is 4.81. The third-order valence-electron chi connectivity index (χ3n) is 6.99. The Morgan fingerprint density at radius 1 is 0.889 bits per heavy atom. The lowest BCUT2D eigenvalue weighted by Crippen LogP contribution is -2.50. The Morgan fingerprint density at radius 2 is 1.64 bits per heavy atom. The Kier molecular flexibility index (Phi) is 6.57. The molecule has 184 valence electrons. The molecule has 2 amide bonds. The summed E-state index contributed by atoms with van der Waals surface area (Å²) in [4.78, 5) is 34.5. The molecule has 1 fully saturated rings. The fourth-order valence-corrected chi connectivity index (χ4v) is 4.81. The van der Waals surface area contributed by atoms with E-state index in [-0.39, 0.29) is 11.8 Å². The van der Waals surface area contributed by atoms with Crippen molar-refractivity contribution in [1.29, 1.82) is 0 Å². The Labute approximate surface area is 211 Å². The van der Waals surface area contributed by atoms with Crippen LogP contribution in [0.1, 0.15) is 27.3 Å². The second kappa shape index (κ2) is 9.95. The zero-order valence-electron chi connectivity index (χ0n) is 21.0. The predicted molar refractivity (Wildman–Crippen MR) is 143 cm³/mol. The van der Waals surface area contributed by atoms with Gasteiger partial charge in [0.05, 0.1) is 17.6 Å². The van der Waals surface area contributed by atoms with Crippen LogP contribution in [0.4, 0.5) is 5.69 Å². The fraction of sp³-hybridized carbons (Fsp3) is 0.276. The first-order chi connectivity index (χ1) is 17.4. The molecule has 0 spiro atoms. The summed E-state index contributed by atoms with van der Waals surface area (Å²) in [6, 6.07) is 21.8. The molecule has 1 N–H and O–H groups in total. The van der Waals surface area contributed by atoms with Crippen LogP contribution >= 0.6 is 0 Å². The first kappa shape index (κ1) is 23.8. The largest absolute Gasteiger partial charge is 0.336 e. The molecule has 1 aliphatic rings. The lowest BCUT2D eigenvalue weighted by Gasteiger charge is -2.34. The third kappa shape index (κ3) is 4.75. The van der Waals surface area contributed by atoms with E-state index >= 15 is 0 Å². The van der Waals surface area contributed by atoms with Gasteiger partial charge in [-0.2, -0.15) is 0 Å². The van der Waals surface area contributed by atoms with Gasteiger partial charge in [0.15, 0.2) is 0 Å². The van der Waals surface area contributed by atoms with Crippen molar-refractivity contribution in [3.8, 4) is 5.69 Å². The number of nitrogens with one attached hydrogen (secondary N) is 1. The van der Waals surface area contributed by atoms with Crippen LogP contribution in [0.5, 0.6) is 0 Å². The Hall–Kier alpha value is -3.97. The standard InChI is InChI=1S/C29H31N5O2/c1-20-8-7-11-25(21(20)2)31-28(35)19-32-14-16-33(17-15-32)29(36)23-12-13-27-26(18-23)30-22(3)34(27)24-9-5-4-6-10-24/h4-13,18H,14-17,19H2,1-3H3,(H,31,35). The number of benzene rings is 3. The maximum absolute atomic E-state index is 13.2. The van der Waals surface area contributed by atoms with E-state index in [0.717, 1.165) is 39.4 Å². The van der Waals surface area contributed by atoms with Crippen molar-refractivity contribution in [2.75, 3.05) is 38.0 Å². The quantitative estimate of drug-likeness (QED) is 0.460. The van der Waals surface area contributed by atoms with Gasteiger partial charge in [-0.25, -0.2) is 4.98 Å². The van der Waals surface area contributed by atoms with Crippen LogP contribution in [0, 0.1) is 20.8 Å². The van der Waals surface area contributed by atoms with Crippen LogP contribution in [-0.4, -0.2) is 63.9 Å². The zero-order chi connectivity index (χ0) is 25.2. The van der Waals surface area contributed by atoms with E-state index in [9.17, 15) is 9.59 Å². The van der Waals surface area contributed by atoms with Crippen molar-refractivity contribution >= 4 is 28.5 Å². The molecule has 0 aliphatic carbocycles. The van der Waals surface area contributed by atoms with Crippen molar-refractivity contribution < 1.29 is 9.59 Å². The number of fused-ring (bicyclic) bond motifs is 1. The topological polar surface area (TPSA) is 70.5 Å². The van der Waals surface area contributed by atoms with Gasteiger partial charge in [0.1, 0.15) is 5.82 Å². The maximum atomic E-state index is 13.2. The molecule has 0 bridgehead atoms. The lowest BCUT2D eigenvalue weighted by molar-refractivity contribution is -0.117. The first-order valence-corrected chi connectivity index (χ1v) is 12.3. The Bertz CT molecular complexity index is 1420. The number of para-hydroxylation sites is 1. The number of carbonyl (C=O) groups is 2. The van der Waals surface area contributed by atoms with Gasteiger partial charge in [-0.15, -0.1) is 0 Å². The van der Waals surface area contributed by atoms with Crippen molar-refractivity contribution in [1.82, 2.24) is 19.4 Å². The molecule has 2 heterocycles. The van der Waals surface area contributed by atoms with Crippen molar-refractivity contribution in [3.05, 3.63) is 89.2 Å². The second-order valence-corrected chi connectivity index (χ2v) is 9.40. The number of nitrogens with zero attached hydrogens (tertiary/aromatic N) is 4. The molecule has 0 saturated carbocycles. The van der Waals surface area contributed by atoms with Crippen LogP contribution in [0.15, 0.2) is 66.7 Å². The molecule has 3 aromatic carbocycles. The van der Waals surface area contributed by atoms with Gasteiger partial charge in [-0.3, -0.25) is 19.1 Å². The number of imidazole rings is 1. The monoisotopic (exact) mass is 481 g/mol. The van der Waals surface area contributed by atoms with Crippen LogP contribution in [-0.2, 0) is 4.79 Å². The van der Waals surface area contributed by atoms with Crippen LogP contribution in [0.2, 0.25) is 0 Å². The summed E-state index contributed by atoms with van der Waals surface area (Å²) in [5, 5.41) is 3.02. The molecular weight excluding hydrogens is 450 g/mol. The number of hydrogen-bond acceptors (Lipinski definition) is 4. The van der Waals surface area contributed by atoms with E-state index in [2.05, 4.69) is 26.9 Å². The highest BCUT2D eigenvalue weighted by molar-refractivity contribution is 5.98. The van der Waals surface area contributed by atoms with E-state index in [4.69, 9.17) is 4.98 Å². The average molecular weight is 482 g/mol. The van der Waals surface area contributed by atoms with E-state index in [1.54, 1.807) is 0 Å². The van der Waals surface area contributed by atoms with Crippen LogP contribution in [0.3, 0.4) is 0 Å². The normalized spacial score (nSPS) is 14.2. The van der Waals surface area contributed by atoms with E-state index in [0.29, 0.717) is 38.3 Å². The van der Waals surface area contributed by atoms with Gasteiger partial charge in [0.2, 0.25) is 5.91 Å². The highest BCUT2D eigenvalue weighted by atomic mass is 16.2. The average Bonchev–Trinajstić information content (AvgIpc) is 3.22. The van der Waals surface area contributed by atoms with Gasteiger partial charge in [0.25, 0.3) is 5.91 Å². The van der Waals surface area contributed by atoms with Gasteiger partial charge in [0, 0.05) is 43.1 Å². The molecule has 0 atom stereocenters. The number of aromatic nitrogens is 2.